The van der Waals surface area contributed by atoms with E-state index in [0.29, 0.717) is 13.0 Å². The number of ether oxygens (including phenoxy) is 1. The Morgan fingerprint density at radius 1 is 1.53 bits per heavy atom. The number of benzene rings is 1. The third-order valence-electron chi connectivity index (χ3n) is 3.00. The van der Waals surface area contributed by atoms with Crippen LogP contribution in [0.2, 0.25) is 0 Å². The summed E-state index contributed by atoms with van der Waals surface area (Å²) in [5.41, 5.74) is -0.0610. The zero-order valence-corrected chi connectivity index (χ0v) is 11.8. The van der Waals surface area contributed by atoms with Crippen molar-refractivity contribution in [2.45, 2.75) is 18.6 Å². The highest BCUT2D eigenvalue weighted by Gasteiger charge is 2.30. The number of nitrogens with one attached hydrogen (secondary N) is 2. The largest absolute Gasteiger partial charge is 0.380 e. The molecule has 2 unspecified atom stereocenters. The minimum atomic E-state index is -0.818. The van der Waals surface area contributed by atoms with E-state index < -0.39 is 17.7 Å². The first-order valence-corrected chi connectivity index (χ1v) is 6.52. The quantitative estimate of drug-likeness (QED) is 0.889. The molecule has 0 bridgehead atoms. The number of carbonyl (C=O) groups excluding carboxylic acids is 1. The van der Waals surface area contributed by atoms with Gasteiger partial charge < -0.3 is 15.4 Å². The van der Waals surface area contributed by atoms with Crippen LogP contribution < -0.4 is 10.6 Å². The minimum absolute atomic E-state index is 0.0303. The first-order chi connectivity index (χ1) is 9.01. The van der Waals surface area contributed by atoms with Gasteiger partial charge in [0.1, 0.15) is 5.82 Å². The second-order valence-electron chi connectivity index (χ2n) is 4.29. The lowest BCUT2D eigenvalue weighted by atomic mass is 10.2. The van der Waals surface area contributed by atoms with E-state index in [0.717, 1.165) is 12.1 Å². The zero-order valence-electron chi connectivity index (χ0n) is 10.2. The van der Waals surface area contributed by atoms with Crippen molar-refractivity contribution >= 4 is 27.5 Å². The molecule has 1 aromatic carbocycles. The molecule has 0 radical (unpaired) electrons. The maximum Gasteiger partial charge on any atom is 0.241 e. The number of anilines is 1. The van der Waals surface area contributed by atoms with Crippen LogP contribution in [0.4, 0.5) is 14.5 Å². The molecule has 2 atom stereocenters. The molecule has 1 aliphatic rings. The van der Waals surface area contributed by atoms with Crippen molar-refractivity contribution < 1.29 is 18.3 Å². The number of hydrogen-bond donors (Lipinski definition) is 2. The summed E-state index contributed by atoms with van der Waals surface area (Å²) in [5, 5.41) is 5.43. The van der Waals surface area contributed by atoms with Gasteiger partial charge in [-0.1, -0.05) is 0 Å². The molecule has 1 aromatic rings. The molecule has 1 amide bonds. The van der Waals surface area contributed by atoms with E-state index in [1.807, 2.05) is 0 Å². The van der Waals surface area contributed by atoms with Crippen LogP contribution >= 0.6 is 15.9 Å². The molecular weight excluding hydrogens is 322 g/mol. The molecule has 0 aliphatic carbocycles. The Labute approximate surface area is 117 Å². The molecule has 0 aromatic heterocycles. The fourth-order valence-corrected chi connectivity index (χ4v) is 2.46. The van der Waals surface area contributed by atoms with Crippen LogP contribution in [0, 0.1) is 11.6 Å². The van der Waals surface area contributed by atoms with Crippen molar-refractivity contribution in [1.82, 2.24) is 5.32 Å². The Hall–Kier alpha value is -1.05. The highest BCUT2D eigenvalue weighted by Crippen LogP contribution is 2.27. The molecule has 1 fully saturated rings. The summed E-state index contributed by atoms with van der Waals surface area (Å²) >= 11 is 3.02. The number of halogens is 3. The van der Waals surface area contributed by atoms with E-state index in [4.69, 9.17) is 4.74 Å². The zero-order chi connectivity index (χ0) is 14.0. The number of amides is 1. The van der Waals surface area contributed by atoms with Crippen LogP contribution in [0.5, 0.6) is 0 Å². The van der Waals surface area contributed by atoms with Crippen LogP contribution in [0.3, 0.4) is 0 Å². The third-order valence-corrected chi connectivity index (χ3v) is 3.62. The van der Waals surface area contributed by atoms with Crippen LogP contribution in [-0.4, -0.2) is 31.7 Å². The van der Waals surface area contributed by atoms with E-state index in [9.17, 15) is 13.6 Å². The lowest BCUT2D eigenvalue weighted by molar-refractivity contribution is -0.118. The highest BCUT2D eigenvalue weighted by molar-refractivity contribution is 9.10. The molecule has 104 valence electrons. The van der Waals surface area contributed by atoms with Gasteiger partial charge in [0.15, 0.2) is 5.82 Å². The molecule has 1 heterocycles. The van der Waals surface area contributed by atoms with E-state index in [1.54, 1.807) is 7.11 Å². The van der Waals surface area contributed by atoms with Crippen molar-refractivity contribution in [3.05, 3.63) is 28.2 Å². The van der Waals surface area contributed by atoms with Gasteiger partial charge in [0, 0.05) is 24.2 Å². The summed E-state index contributed by atoms with van der Waals surface area (Å²) in [6.07, 6.45) is 0.486. The van der Waals surface area contributed by atoms with E-state index in [2.05, 4.69) is 26.6 Å². The highest BCUT2D eigenvalue weighted by atomic mass is 79.9. The number of hydrogen-bond acceptors (Lipinski definition) is 3. The topological polar surface area (TPSA) is 50.4 Å². The Balaban J connectivity index is 2.08. The van der Waals surface area contributed by atoms with Crippen LogP contribution in [0.15, 0.2) is 16.6 Å². The average Bonchev–Trinajstić information content (AvgIpc) is 2.82. The summed E-state index contributed by atoms with van der Waals surface area (Å²) in [5.74, 6) is -1.90. The number of rotatable bonds is 3. The molecule has 1 aliphatic heterocycles. The summed E-state index contributed by atoms with van der Waals surface area (Å²) in [6.45, 7) is 0.571. The first kappa shape index (κ1) is 14.4. The Morgan fingerprint density at radius 3 is 2.84 bits per heavy atom. The Morgan fingerprint density at radius 2 is 2.26 bits per heavy atom. The van der Waals surface area contributed by atoms with Gasteiger partial charge in [-0.25, -0.2) is 8.78 Å². The summed E-state index contributed by atoms with van der Waals surface area (Å²) < 4.78 is 31.8. The fourth-order valence-electron chi connectivity index (χ4n) is 1.95. The molecular formula is C12H13BrF2N2O2. The molecule has 0 saturated carbocycles. The first-order valence-electron chi connectivity index (χ1n) is 5.73. The van der Waals surface area contributed by atoms with Crippen LogP contribution in [0.1, 0.15) is 6.42 Å². The molecule has 2 rings (SSSR count). The number of carbonyl (C=O) groups is 1. The van der Waals surface area contributed by atoms with Crippen molar-refractivity contribution in [3.8, 4) is 0 Å². The monoisotopic (exact) mass is 334 g/mol. The molecule has 0 spiro atoms. The van der Waals surface area contributed by atoms with Crippen molar-refractivity contribution in [3.63, 3.8) is 0 Å². The van der Waals surface area contributed by atoms with E-state index in [1.165, 1.54) is 0 Å². The normalized spacial score (nSPS) is 22.5. The fraction of sp³-hybridized carbons (Fsp3) is 0.417. The second-order valence-corrected chi connectivity index (χ2v) is 5.14. The van der Waals surface area contributed by atoms with Crippen LogP contribution in [-0.2, 0) is 9.53 Å². The predicted molar refractivity (Wildman–Crippen MR) is 69.9 cm³/mol. The summed E-state index contributed by atoms with van der Waals surface area (Å²) in [7, 11) is 1.57. The molecule has 4 nitrogen and oxygen atoms in total. The lowest BCUT2D eigenvalue weighted by Crippen LogP contribution is -2.35. The van der Waals surface area contributed by atoms with Crippen LogP contribution in [0.25, 0.3) is 0 Å². The standard InChI is InChI=1S/C12H13BrF2N2O2/c1-19-7-4-10(16-5-7)12(18)17-11-8(13)2-6(14)3-9(11)15/h2-3,7,10,16H,4-5H2,1H3,(H,17,18). The smallest absolute Gasteiger partial charge is 0.241 e. The lowest BCUT2D eigenvalue weighted by Gasteiger charge is -2.13. The van der Waals surface area contributed by atoms with Crippen molar-refractivity contribution in [2.75, 3.05) is 19.0 Å². The molecule has 7 heteroatoms. The number of methoxy groups -OCH3 is 1. The molecule has 2 N–H and O–H groups in total. The van der Waals surface area contributed by atoms with Gasteiger partial charge in [0.2, 0.25) is 5.91 Å². The van der Waals surface area contributed by atoms with E-state index in [-0.39, 0.29) is 22.2 Å². The maximum atomic E-state index is 13.6. The van der Waals surface area contributed by atoms with Gasteiger partial charge in [-0.15, -0.1) is 0 Å². The van der Waals surface area contributed by atoms with Crippen molar-refractivity contribution in [1.29, 1.82) is 0 Å². The second kappa shape index (κ2) is 5.94. The molecule has 1 saturated heterocycles. The summed E-state index contributed by atoms with van der Waals surface area (Å²) in [4.78, 5) is 12.0. The minimum Gasteiger partial charge on any atom is -0.380 e. The van der Waals surface area contributed by atoms with Gasteiger partial charge in [-0.2, -0.15) is 0 Å². The maximum absolute atomic E-state index is 13.6. The van der Waals surface area contributed by atoms with Crippen molar-refractivity contribution in [2.24, 2.45) is 0 Å². The van der Waals surface area contributed by atoms with Gasteiger partial charge in [-0.05, 0) is 28.4 Å². The summed E-state index contributed by atoms with van der Waals surface area (Å²) in [6, 6.07) is 1.38. The Bertz CT molecular complexity index is 476. The van der Waals surface area contributed by atoms with Gasteiger partial charge >= 0.3 is 0 Å². The van der Waals surface area contributed by atoms with Gasteiger partial charge in [0.25, 0.3) is 0 Å². The van der Waals surface area contributed by atoms with E-state index >= 15 is 0 Å². The predicted octanol–water partition coefficient (Wildman–Crippen LogP) is 2.04. The third kappa shape index (κ3) is 3.29. The SMILES string of the molecule is COC1CNC(C(=O)Nc2c(F)cc(F)cc2Br)C1. The molecule has 19 heavy (non-hydrogen) atoms. The Kier molecular flexibility index (Phi) is 4.49. The average molecular weight is 335 g/mol. The van der Waals surface area contributed by atoms with Gasteiger partial charge in [-0.3, -0.25) is 4.79 Å². The van der Waals surface area contributed by atoms with Gasteiger partial charge in [0.05, 0.1) is 17.8 Å².